The van der Waals surface area contributed by atoms with E-state index in [1.165, 1.54) is 11.1 Å². The first kappa shape index (κ1) is 22.5. The van der Waals surface area contributed by atoms with Crippen LogP contribution in [0, 0.1) is 0 Å². The molecular weight excluding hydrogens is 434 g/mol. The molecule has 1 aliphatic heterocycles. The first-order chi connectivity index (χ1) is 17.2. The summed E-state index contributed by atoms with van der Waals surface area (Å²) in [5.41, 5.74) is 6.43. The van der Waals surface area contributed by atoms with Crippen LogP contribution in [-0.4, -0.2) is 29.6 Å². The number of phenolic OH excluding ortho intramolecular Hbond substituents is 1. The Morgan fingerprint density at radius 1 is 0.886 bits per heavy atom. The quantitative estimate of drug-likeness (QED) is 0.213. The summed E-state index contributed by atoms with van der Waals surface area (Å²) in [6.45, 7) is 2.06. The zero-order valence-corrected chi connectivity index (χ0v) is 19.8. The number of nitrogens with one attached hydrogen (secondary N) is 1. The van der Waals surface area contributed by atoms with Crippen LogP contribution in [0.5, 0.6) is 11.5 Å². The van der Waals surface area contributed by atoms with Crippen molar-refractivity contribution in [2.75, 3.05) is 19.0 Å². The van der Waals surface area contributed by atoms with E-state index in [4.69, 9.17) is 9.73 Å². The minimum absolute atomic E-state index is 0.187. The molecule has 5 heteroatoms. The Hall–Kier alpha value is -4.25. The molecule has 0 spiro atoms. The molecule has 1 heterocycles. The number of fused-ring (bicyclic) bond motifs is 1. The fourth-order valence-electron chi connectivity index (χ4n) is 4.46. The van der Waals surface area contributed by atoms with Gasteiger partial charge in [-0.3, -0.25) is 0 Å². The zero-order valence-electron chi connectivity index (χ0n) is 19.8. The second-order valence-electron chi connectivity index (χ2n) is 8.61. The highest BCUT2D eigenvalue weighted by Gasteiger charge is 2.20. The summed E-state index contributed by atoms with van der Waals surface area (Å²) in [6, 6.07) is 32.3. The number of aromatic hydroxyl groups is 1. The topological polar surface area (TPSA) is 57.1 Å². The summed E-state index contributed by atoms with van der Waals surface area (Å²) in [6.07, 6.45) is 0.946. The van der Waals surface area contributed by atoms with Gasteiger partial charge in [-0.25, -0.2) is 4.99 Å². The molecule has 35 heavy (non-hydrogen) atoms. The number of rotatable bonds is 5. The molecular formula is C30H29N3O2. The van der Waals surface area contributed by atoms with Crippen molar-refractivity contribution in [3.8, 4) is 22.6 Å². The minimum atomic E-state index is 0.187. The van der Waals surface area contributed by atoms with E-state index in [9.17, 15) is 5.11 Å². The van der Waals surface area contributed by atoms with E-state index in [1.54, 1.807) is 13.2 Å². The molecule has 0 fully saturated rings. The minimum Gasteiger partial charge on any atom is -0.506 e. The van der Waals surface area contributed by atoms with Crippen molar-refractivity contribution in [1.29, 1.82) is 0 Å². The van der Waals surface area contributed by atoms with Crippen LogP contribution in [0.4, 0.5) is 5.69 Å². The molecule has 4 aromatic carbocycles. The summed E-state index contributed by atoms with van der Waals surface area (Å²) < 4.78 is 5.53. The van der Waals surface area contributed by atoms with Crippen molar-refractivity contribution in [2.24, 2.45) is 4.99 Å². The number of hydrogen-bond donors (Lipinski definition) is 2. The van der Waals surface area contributed by atoms with Crippen molar-refractivity contribution < 1.29 is 9.84 Å². The number of hydrogen-bond acceptors (Lipinski definition) is 3. The monoisotopic (exact) mass is 463 g/mol. The number of aliphatic imine (C=N–C) groups is 1. The van der Waals surface area contributed by atoms with E-state index in [0.29, 0.717) is 12.2 Å². The lowest BCUT2D eigenvalue weighted by molar-refractivity contribution is 0.390. The maximum atomic E-state index is 10.7. The third-order valence-electron chi connectivity index (χ3n) is 6.37. The Balaban J connectivity index is 1.48. The molecule has 0 saturated carbocycles. The average molecular weight is 464 g/mol. The van der Waals surface area contributed by atoms with Gasteiger partial charge in [-0.2, -0.15) is 0 Å². The molecule has 5 rings (SSSR count). The van der Waals surface area contributed by atoms with E-state index in [1.807, 2.05) is 54.6 Å². The fraction of sp³-hybridized carbons (Fsp3) is 0.167. The van der Waals surface area contributed by atoms with E-state index >= 15 is 0 Å². The number of guanidine groups is 1. The lowest BCUT2D eigenvalue weighted by atomic mass is 10.0. The lowest BCUT2D eigenvalue weighted by Crippen LogP contribution is -2.40. The lowest BCUT2D eigenvalue weighted by Gasteiger charge is -2.32. The van der Waals surface area contributed by atoms with Gasteiger partial charge in [0.2, 0.25) is 0 Å². The van der Waals surface area contributed by atoms with Crippen molar-refractivity contribution in [3.63, 3.8) is 0 Å². The molecule has 0 amide bonds. The summed E-state index contributed by atoms with van der Waals surface area (Å²) in [5.74, 6) is 1.73. The number of anilines is 1. The number of phenols is 1. The smallest absolute Gasteiger partial charge is 0.199 e. The van der Waals surface area contributed by atoms with Gasteiger partial charge in [0.1, 0.15) is 11.5 Å². The largest absolute Gasteiger partial charge is 0.506 e. The third-order valence-corrected chi connectivity index (χ3v) is 6.37. The van der Waals surface area contributed by atoms with Crippen LogP contribution < -0.4 is 10.1 Å². The van der Waals surface area contributed by atoms with Crippen LogP contribution in [0.25, 0.3) is 11.1 Å². The van der Waals surface area contributed by atoms with E-state index < -0.39 is 0 Å². The highest BCUT2D eigenvalue weighted by atomic mass is 16.5. The fourth-order valence-corrected chi connectivity index (χ4v) is 4.46. The van der Waals surface area contributed by atoms with Crippen LogP contribution in [0.3, 0.4) is 0 Å². The Bertz CT molecular complexity index is 1330. The number of para-hydroxylation sites is 1. The predicted molar refractivity (Wildman–Crippen MR) is 142 cm³/mol. The van der Waals surface area contributed by atoms with Gasteiger partial charge < -0.3 is 20.1 Å². The number of nitrogens with zero attached hydrogens (tertiary/aromatic N) is 2. The summed E-state index contributed by atoms with van der Waals surface area (Å²) in [5, 5.41) is 14.1. The highest BCUT2D eigenvalue weighted by Crippen LogP contribution is 2.31. The van der Waals surface area contributed by atoms with E-state index in [2.05, 4.69) is 46.6 Å². The molecule has 2 N–H and O–H groups in total. The first-order valence-corrected chi connectivity index (χ1v) is 11.8. The van der Waals surface area contributed by atoms with Gasteiger partial charge in [-0.05, 0) is 46.9 Å². The molecule has 0 aromatic heterocycles. The second kappa shape index (κ2) is 10.3. The van der Waals surface area contributed by atoms with Crippen LogP contribution in [0.15, 0.2) is 102 Å². The molecule has 0 atom stereocenters. The van der Waals surface area contributed by atoms with Crippen LogP contribution in [0.1, 0.15) is 16.7 Å². The molecule has 4 aromatic rings. The van der Waals surface area contributed by atoms with Crippen molar-refractivity contribution in [3.05, 3.63) is 114 Å². The molecule has 0 aliphatic carbocycles. The number of benzene rings is 4. The van der Waals surface area contributed by atoms with Gasteiger partial charge in [0, 0.05) is 18.7 Å². The summed E-state index contributed by atoms with van der Waals surface area (Å²) in [7, 11) is 1.68. The molecule has 0 saturated heterocycles. The van der Waals surface area contributed by atoms with Gasteiger partial charge >= 0.3 is 0 Å². The number of methoxy groups -OCH3 is 1. The molecule has 0 unspecified atom stereocenters. The molecule has 0 bridgehead atoms. The van der Waals surface area contributed by atoms with E-state index in [-0.39, 0.29) is 5.75 Å². The Morgan fingerprint density at radius 3 is 2.46 bits per heavy atom. The molecule has 1 aliphatic rings. The van der Waals surface area contributed by atoms with Gasteiger partial charge in [-0.1, -0.05) is 78.9 Å². The zero-order chi connectivity index (χ0) is 24.0. The summed E-state index contributed by atoms with van der Waals surface area (Å²) in [4.78, 5) is 7.22. The van der Waals surface area contributed by atoms with Crippen molar-refractivity contribution in [2.45, 2.75) is 19.5 Å². The third kappa shape index (κ3) is 5.14. The molecule has 5 nitrogen and oxygen atoms in total. The number of ether oxygens (including phenoxy) is 1. The van der Waals surface area contributed by atoms with Crippen LogP contribution in [-0.2, 0) is 19.5 Å². The average Bonchev–Trinajstić information content (AvgIpc) is 2.92. The van der Waals surface area contributed by atoms with Gasteiger partial charge in [0.05, 0.1) is 19.3 Å². The molecule has 0 radical (unpaired) electrons. The van der Waals surface area contributed by atoms with E-state index in [0.717, 1.165) is 47.9 Å². The second-order valence-corrected chi connectivity index (χ2v) is 8.61. The predicted octanol–water partition coefficient (Wildman–Crippen LogP) is 6.09. The van der Waals surface area contributed by atoms with Crippen LogP contribution in [0.2, 0.25) is 0 Å². The van der Waals surface area contributed by atoms with Gasteiger partial charge in [-0.15, -0.1) is 0 Å². The summed E-state index contributed by atoms with van der Waals surface area (Å²) >= 11 is 0. The van der Waals surface area contributed by atoms with Crippen molar-refractivity contribution >= 4 is 11.6 Å². The standard InChI is InChI=1S/C30H29N3O2/c1-35-29-14-8-7-12-25(29)20-31-30(33-18-17-23-11-5-6-13-26(23)21-33)32-27-19-24(15-16-28(27)34)22-9-3-2-4-10-22/h2-16,19,34H,17-18,20-21H2,1H3,(H,31,32). The molecule has 176 valence electrons. The van der Waals surface area contributed by atoms with Crippen LogP contribution >= 0.6 is 0 Å². The van der Waals surface area contributed by atoms with Crippen molar-refractivity contribution in [1.82, 2.24) is 4.90 Å². The Labute approximate surface area is 206 Å². The maximum Gasteiger partial charge on any atom is 0.199 e. The normalized spacial score (nSPS) is 13.3. The Morgan fingerprint density at radius 2 is 1.63 bits per heavy atom. The maximum absolute atomic E-state index is 10.7. The Kier molecular flexibility index (Phi) is 6.66. The van der Waals surface area contributed by atoms with Gasteiger partial charge in [0.25, 0.3) is 0 Å². The SMILES string of the molecule is COc1ccccc1CN=C(Nc1cc(-c2ccccc2)ccc1O)N1CCc2ccccc2C1. The van der Waals surface area contributed by atoms with Gasteiger partial charge in [0.15, 0.2) is 5.96 Å². The first-order valence-electron chi connectivity index (χ1n) is 11.8. The highest BCUT2D eigenvalue weighted by molar-refractivity contribution is 5.96.